The van der Waals surface area contributed by atoms with Gasteiger partial charge in [0.15, 0.2) is 0 Å². The molecule has 0 saturated carbocycles. The Labute approximate surface area is 97.0 Å². The summed E-state index contributed by atoms with van der Waals surface area (Å²) in [5.74, 6) is 1.70. The van der Waals surface area contributed by atoms with E-state index in [4.69, 9.17) is 0 Å². The molecule has 0 radical (unpaired) electrons. The van der Waals surface area contributed by atoms with Gasteiger partial charge in [-0.05, 0) is 18.6 Å². The molecule has 1 rings (SSSR count). The Balaban J connectivity index is 2.61. The summed E-state index contributed by atoms with van der Waals surface area (Å²) in [6.45, 7) is 7.06. The fourth-order valence-corrected chi connectivity index (χ4v) is 2.79. The van der Waals surface area contributed by atoms with Crippen LogP contribution in [0.5, 0.6) is 0 Å². The van der Waals surface area contributed by atoms with Crippen LogP contribution < -0.4 is 5.32 Å². The minimum atomic E-state index is 0.0286. The highest BCUT2D eigenvalue weighted by Crippen LogP contribution is 2.18. The quantitative estimate of drug-likeness (QED) is 0.777. The third-order valence-electron chi connectivity index (χ3n) is 2.97. The van der Waals surface area contributed by atoms with Crippen molar-refractivity contribution in [3.05, 3.63) is 0 Å². The van der Waals surface area contributed by atoms with E-state index in [-0.39, 0.29) is 11.9 Å². The Kier molecular flexibility index (Phi) is 4.93. The molecule has 1 saturated heterocycles. The number of rotatable bonds is 5. The molecule has 4 heteroatoms. The van der Waals surface area contributed by atoms with Gasteiger partial charge in [-0.25, -0.2) is 0 Å². The maximum absolute atomic E-state index is 12.1. The Morgan fingerprint density at radius 1 is 1.60 bits per heavy atom. The molecule has 0 spiro atoms. The van der Waals surface area contributed by atoms with E-state index in [1.165, 1.54) is 0 Å². The number of amides is 1. The standard InChI is InChI=1S/C11H22N2OS/c1-5-9(6-15-4)13-7-12-10(8(2)3)11(13)14/h8-10,12H,5-7H2,1-4H3. The second-order valence-corrected chi connectivity index (χ2v) is 5.32. The van der Waals surface area contributed by atoms with Crippen LogP contribution in [-0.4, -0.2) is 41.6 Å². The summed E-state index contributed by atoms with van der Waals surface area (Å²) in [7, 11) is 0. The van der Waals surface area contributed by atoms with E-state index < -0.39 is 0 Å². The van der Waals surface area contributed by atoms with Gasteiger partial charge in [-0.3, -0.25) is 10.1 Å². The summed E-state index contributed by atoms with van der Waals surface area (Å²) in [6.07, 6.45) is 3.13. The summed E-state index contributed by atoms with van der Waals surface area (Å²) in [6, 6.07) is 0.421. The van der Waals surface area contributed by atoms with E-state index in [9.17, 15) is 4.79 Å². The average Bonchev–Trinajstić information content (AvgIpc) is 2.57. The van der Waals surface area contributed by atoms with Crippen molar-refractivity contribution in [2.45, 2.75) is 39.3 Å². The molecule has 0 bridgehead atoms. The van der Waals surface area contributed by atoms with Crippen LogP contribution in [0.3, 0.4) is 0 Å². The third-order valence-corrected chi connectivity index (χ3v) is 3.69. The van der Waals surface area contributed by atoms with Gasteiger partial charge in [0.25, 0.3) is 0 Å². The first-order valence-electron chi connectivity index (χ1n) is 5.64. The third kappa shape index (κ3) is 2.88. The molecule has 1 N–H and O–H groups in total. The highest BCUT2D eigenvalue weighted by atomic mass is 32.2. The minimum Gasteiger partial charge on any atom is -0.325 e. The molecule has 0 aromatic heterocycles. The molecule has 1 aliphatic rings. The lowest BCUT2D eigenvalue weighted by Gasteiger charge is -2.26. The van der Waals surface area contributed by atoms with Crippen molar-refractivity contribution in [3.63, 3.8) is 0 Å². The van der Waals surface area contributed by atoms with Gasteiger partial charge in [0, 0.05) is 11.8 Å². The van der Waals surface area contributed by atoms with Gasteiger partial charge < -0.3 is 4.90 Å². The lowest BCUT2D eigenvalue weighted by Crippen LogP contribution is -2.40. The molecule has 0 aromatic carbocycles. The maximum atomic E-state index is 12.1. The van der Waals surface area contributed by atoms with Crippen LogP contribution in [0, 0.1) is 5.92 Å². The number of thioether (sulfide) groups is 1. The van der Waals surface area contributed by atoms with E-state index in [1.807, 2.05) is 16.7 Å². The number of carbonyl (C=O) groups is 1. The molecule has 2 atom stereocenters. The molecule has 2 unspecified atom stereocenters. The largest absolute Gasteiger partial charge is 0.325 e. The van der Waals surface area contributed by atoms with E-state index in [2.05, 4.69) is 32.3 Å². The van der Waals surface area contributed by atoms with Gasteiger partial charge in [0.05, 0.1) is 12.7 Å². The zero-order valence-electron chi connectivity index (χ0n) is 10.1. The summed E-state index contributed by atoms with van der Waals surface area (Å²) >= 11 is 1.81. The lowest BCUT2D eigenvalue weighted by molar-refractivity contribution is -0.131. The average molecular weight is 230 g/mol. The Morgan fingerprint density at radius 3 is 2.67 bits per heavy atom. The molecule has 3 nitrogen and oxygen atoms in total. The zero-order chi connectivity index (χ0) is 11.4. The van der Waals surface area contributed by atoms with E-state index in [1.54, 1.807) is 0 Å². The molecule has 0 aromatic rings. The Hall–Kier alpha value is -0.220. The number of nitrogens with one attached hydrogen (secondary N) is 1. The Bertz CT molecular complexity index is 221. The minimum absolute atomic E-state index is 0.0286. The molecule has 1 aliphatic heterocycles. The fourth-order valence-electron chi connectivity index (χ4n) is 1.99. The summed E-state index contributed by atoms with van der Waals surface area (Å²) in [4.78, 5) is 14.1. The number of hydrogen-bond donors (Lipinski definition) is 1. The predicted molar refractivity (Wildman–Crippen MR) is 65.9 cm³/mol. The first-order valence-corrected chi connectivity index (χ1v) is 7.04. The van der Waals surface area contributed by atoms with Crippen LogP contribution in [-0.2, 0) is 4.79 Å². The first kappa shape index (κ1) is 12.8. The van der Waals surface area contributed by atoms with Crippen molar-refractivity contribution < 1.29 is 4.79 Å². The van der Waals surface area contributed by atoms with Crippen molar-refractivity contribution >= 4 is 17.7 Å². The normalized spacial score (nSPS) is 23.9. The first-order chi connectivity index (χ1) is 7.11. The molecule has 1 heterocycles. The zero-order valence-corrected chi connectivity index (χ0v) is 10.9. The number of nitrogens with zero attached hydrogens (tertiary/aromatic N) is 1. The van der Waals surface area contributed by atoms with Crippen LogP contribution in [0.25, 0.3) is 0 Å². The number of hydrogen-bond acceptors (Lipinski definition) is 3. The molecular formula is C11H22N2OS. The lowest BCUT2D eigenvalue weighted by atomic mass is 10.0. The van der Waals surface area contributed by atoms with E-state index >= 15 is 0 Å². The van der Waals surface area contributed by atoms with Gasteiger partial charge >= 0.3 is 0 Å². The Morgan fingerprint density at radius 2 is 2.27 bits per heavy atom. The van der Waals surface area contributed by atoms with Crippen LogP contribution in [0.4, 0.5) is 0 Å². The van der Waals surface area contributed by atoms with E-state index in [0.717, 1.165) is 18.8 Å². The van der Waals surface area contributed by atoms with Gasteiger partial charge in [0.2, 0.25) is 5.91 Å². The smallest absolute Gasteiger partial charge is 0.241 e. The van der Waals surface area contributed by atoms with Crippen LogP contribution in [0.1, 0.15) is 27.2 Å². The van der Waals surface area contributed by atoms with Gasteiger partial charge in [-0.2, -0.15) is 11.8 Å². The SMILES string of the molecule is CCC(CSC)N1CNC(C(C)C)C1=O. The van der Waals surface area contributed by atoms with Gasteiger partial charge in [0.1, 0.15) is 0 Å². The van der Waals surface area contributed by atoms with Gasteiger partial charge in [-0.15, -0.1) is 0 Å². The van der Waals surface area contributed by atoms with Crippen molar-refractivity contribution in [1.82, 2.24) is 10.2 Å². The second-order valence-electron chi connectivity index (χ2n) is 4.41. The van der Waals surface area contributed by atoms with E-state index in [0.29, 0.717) is 12.0 Å². The highest BCUT2D eigenvalue weighted by Gasteiger charge is 2.36. The van der Waals surface area contributed by atoms with Crippen LogP contribution >= 0.6 is 11.8 Å². The van der Waals surface area contributed by atoms with Crippen molar-refractivity contribution in [3.8, 4) is 0 Å². The molecule has 1 amide bonds. The predicted octanol–water partition coefficient (Wildman–Crippen LogP) is 1.54. The van der Waals surface area contributed by atoms with Crippen molar-refractivity contribution in [2.24, 2.45) is 5.92 Å². The summed E-state index contributed by atoms with van der Waals surface area (Å²) < 4.78 is 0. The molecule has 0 aliphatic carbocycles. The highest BCUT2D eigenvalue weighted by molar-refractivity contribution is 7.98. The molecule has 88 valence electrons. The number of carbonyl (C=O) groups excluding carboxylic acids is 1. The second kappa shape index (κ2) is 5.75. The van der Waals surface area contributed by atoms with Crippen molar-refractivity contribution in [1.29, 1.82) is 0 Å². The van der Waals surface area contributed by atoms with Gasteiger partial charge in [-0.1, -0.05) is 20.8 Å². The maximum Gasteiger partial charge on any atom is 0.241 e. The van der Waals surface area contributed by atoms with Crippen LogP contribution in [0.2, 0.25) is 0 Å². The summed E-state index contributed by atoms with van der Waals surface area (Å²) in [5.41, 5.74) is 0. The molecule has 1 fully saturated rings. The topological polar surface area (TPSA) is 32.3 Å². The molecule has 15 heavy (non-hydrogen) atoms. The monoisotopic (exact) mass is 230 g/mol. The summed E-state index contributed by atoms with van der Waals surface area (Å²) in [5, 5.41) is 3.30. The van der Waals surface area contributed by atoms with Crippen molar-refractivity contribution in [2.75, 3.05) is 18.7 Å². The molecular weight excluding hydrogens is 208 g/mol. The fraction of sp³-hybridized carbons (Fsp3) is 0.909. The van der Waals surface area contributed by atoms with Crippen LogP contribution in [0.15, 0.2) is 0 Å².